The van der Waals surface area contributed by atoms with Gasteiger partial charge in [0.2, 0.25) is 0 Å². The highest BCUT2D eigenvalue weighted by molar-refractivity contribution is 5.51. The summed E-state index contributed by atoms with van der Waals surface area (Å²) in [5, 5.41) is 0. The molecule has 13 heavy (non-hydrogen) atoms. The lowest BCUT2D eigenvalue weighted by Gasteiger charge is -2.11. The number of anilines is 1. The van der Waals surface area contributed by atoms with E-state index in [1.807, 2.05) is 0 Å². The van der Waals surface area contributed by atoms with Crippen LogP contribution >= 0.6 is 0 Å². The van der Waals surface area contributed by atoms with E-state index in [0.29, 0.717) is 0 Å². The Bertz CT molecular complexity index is 330. The largest absolute Gasteiger partial charge is 0.418 e. The molecule has 5 heteroatoms. The Labute approximate surface area is 72.2 Å². The molecule has 0 atom stereocenters. The number of benzene rings is 1. The lowest BCUT2D eigenvalue weighted by atomic mass is 10.1. The van der Waals surface area contributed by atoms with Gasteiger partial charge in [-0.1, -0.05) is 6.07 Å². The summed E-state index contributed by atoms with van der Waals surface area (Å²) in [6.45, 7) is 1.35. The highest BCUT2D eigenvalue weighted by Crippen LogP contribution is 2.35. The lowest BCUT2D eigenvalue weighted by molar-refractivity contribution is -0.137. The number of halogens is 4. The first kappa shape index (κ1) is 9.83. The first-order chi connectivity index (χ1) is 5.84. The van der Waals surface area contributed by atoms with Crippen LogP contribution in [0.5, 0.6) is 0 Å². The summed E-state index contributed by atoms with van der Waals surface area (Å²) in [6.07, 6.45) is -4.60. The molecule has 0 bridgehead atoms. The number of rotatable bonds is 0. The standard InChI is InChI=1S/C8H7F4N/c1-4-2-3-5(8(10,11)12)7(13)6(4)9/h2-3H,13H2,1H3. The molecule has 0 unspecified atom stereocenters. The maximum Gasteiger partial charge on any atom is 0.418 e. The average Bonchev–Trinajstić information content (AvgIpc) is 1.98. The molecule has 0 aliphatic rings. The summed E-state index contributed by atoms with van der Waals surface area (Å²) >= 11 is 0. The van der Waals surface area contributed by atoms with Gasteiger partial charge in [-0.2, -0.15) is 13.2 Å². The van der Waals surface area contributed by atoms with E-state index in [0.717, 1.165) is 12.1 Å². The van der Waals surface area contributed by atoms with Crippen LogP contribution in [0.4, 0.5) is 23.2 Å². The van der Waals surface area contributed by atoms with Crippen LogP contribution in [0.3, 0.4) is 0 Å². The average molecular weight is 193 g/mol. The molecule has 1 aromatic rings. The van der Waals surface area contributed by atoms with E-state index in [-0.39, 0.29) is 5.56 Å². The van der Waals surface area contributed by atoms with Crippen molar-refractivity contribution >= 4 is 5.69 Å². The summed E-state index contributed by atoms with van der Waals surface area (Å²) in [5.41, 5.74) is 3.11. The summed E-state index contributed by atoms with van der Waals surface area (Å²) in [7, 11) is 0. The smallest absolute Gasteiger partial charge is 0.396 e. The van der Waals surface area contributed by atoms with Crippen molar-refractivity contribution in [1.82, 2.24) is 0 Å². The van der Waals surface area contributed by atoms with Crippen LogP contribution in [0, 0.1) is 12.7 Å². The molecule has 0 fully saturated rings. The fourth-order valence-electron chi connectivity index (χ4n) is 0.949. The maximum absolute atomic E-state index is 12.9. The van der Waals surface area contributed by atoms with Crippen LogP contribution < -0.4 is 5.73 Å². The Morgan fingerprint density at radius 2 is 1.77 bits per heavy atom. The topological polar surface area (TPSA) is 26.0 Å². The minimum Gasteiger partial charge on any atom is -0.396 e. The van der Waals surface area contributed by atoms with Crippen molar-refractivity contribution in [1.29, 1.82) is 0 Å². The fourth-order valence-corrected chi connectivity index (χ4v) is 0.949. The number of nitrogens with two attached hydrogens (primary N) is 1. The second-order valence-electron chi connectivity index (χ2n) is 2.66. The Balaban J connectivity index is 3.35. The van der Waals surface area contributed by atoms with Crippen LogP contribution in [0.2, 0.25) is 0 Å². The van der Waals surface area contributed by atoms with Crippen molar-refractivity contribution in [3.05, 3.63) is 29.1 Å². The van der Waals surface area contributed by atoms with E-state index >= 15 is 0 Å². The second-order valence-corrected chi connectivity index (χ2v) is 2.66. The zero-order valence-electron chi connectivity index (χ0n) is 6.74. The summed E-state index contributed by atoms with van der Waals surface area (Å²) in [6, 6.07) is 1.82. The molecule has 0 saturated heterocycles. The first-order valence-electron chi connectivity index (χ1n) is 3.46. The number of alkyl halides is 3. The number of aryl methyl sites for hydroxylation is 1. The van der Waals surface area contributed by atoms with E-state index in [2.05, 4.69) is 0 Å². The molecule has 1 rings (SSSR count). The van der Waals surface area contributed by atoms with Gasteiger partial charge in [-0.05, 0) is 18.6 Å². The minimum absolute atomic E-state index is 0.102. The third kappa shape index (κ3) is 1.74. The van der Waals surface area contributed by atoms with Gasteiger partial charge in [-0.3, -0.25) is 0 Å². The van der Waals surface area contributed by atoms with E-state index in [4.69, 9.17) is 5.73 Å². The highest BCUT2D eigenvalue weighted by atomic mass is 19.4. The molecular formula is C8H7F4N. The first-order valence-corrected chi connectivity index (χ1v) is 3.46. The summed E-state index contributed by atoms with van der Waals surface area (Å²) in [4.78, 5) is 0. The lowest BCUT2D eigenvalue weighted by Crippen LogP contribution is -2.10. The Morgan fingerprint density at radius 3 is 2.23 bits per heavy atom. The van der Waals surface area contributed by atoms with Crippen LogP contribution in [-0.2, 0) is 6.18 Å². The van der Waals surface area contributed by atoms with Gasteiger partial charge >= 0.3 is 6.18 Å². The SMILES string of the molecule is Cc1ccc(C(F)(F)F)c(N)c1F. The Kier molecular flexibility index (Phi) is 2.19. The third-order valence-corrected chi connectivity index (χ3v) is 1.68. The predicted octanol–water partition coefficient (Wildman–Crippen LogP) is 2.74. The van der Waals surface area contributed by atoms with Crippen molar-refractivity contribution in [3.8, 4) is 0 Å². The van der Waals surface area contributed by atoms with E-state index in [1.165, 1.54) is 6.92 Å². The molecule has 0 spiro atoms. The van der Waals surface area contributed by atoms with Crippen molar-refractivity contribution in [3.63, 3.8) is 0 Å². The van der Waals surface area contributed by atoms with Gasteiger partial charge in [0.15, 0.2) is 0 Å². The number of nitrogen functional groups attached to an aromatic ring is 1. The normalized spacial score (nSPS) is 11.8. The molecule has 2 N–H and O–H groups in total. The summed E-state index contributed by atoms with van der Waals surface area (Å²) < 4.78 is 49.2. The van der Waals surface area contributed by atoms with Crippen LogP contribution in [0.25, 0.3) is 0 Å². The van der Waals surface area contributed by atoms with Gasteiger partial charge in [-0.25, -0.2) is 4.39 Å². The van der Waals surface area contributed by atoms with E-state index < -0.39 is 23.2 Å². The molecule has 1 nitrogen and oxygen atoms in total. The van der Waals surface area contributed by atoms with Gasteiger partial charge in [0.05, 0.1) is 11.3 Å². The monoisotopic (exact) mass is 193 g/mol. The quantitative estimate of drug-likeness (QED) is 0.497. The Hall–Kier alpha value is -1.26. The Morgan fingerprint density at radius 1 is 1.23 bits per heavy atom. The predicted molar refractivity (Wildman–Crippen MR) is 40.6 cm³/mol. The molecule has 0 amide bonds. The summed E-state index contributed by atoms with van der Waals surface area (Å²) in [5.74, 6) is -1.00. The van der Waals surface area contributed by atoms with Gasteiger partial charge in [0.1, 0.15) is 5.82 Å². The van der Waals surface area contributed by atoms with Crippen LogP contribution in [0.15, 0.2) is 12.1 Å². The molecule has 0 radical (unpaired) electrons. The van der Waals surface area contributed by atoms with Gasteiger partial charge in [0.25, 0.3) is 0 Å². The van der Waals surface area contributed by atoms with Crippen LogP contribution in [0.1, 0.15) is 11.1 Å². The second kappa shape index (κ2) is 2.90. The molecule has 0 heterocycles. The van der Waals surface area contributed by atoms with Crippen molar-refractivity contribution in [2.75, 3.05) is 5.73 Å². The van der Waals surface area contributed by atoms with E-state index in [9.17, 15) is 17.6 Å². The molecule has 72 valence electrons. The van der Waals surface area contributed by atoms with Gasteiger partial charge in [-0.15, -0.1) is 0 Å². The number of hydrogen-bond donors (Lipinski definition) is 1. The molecule has 0 saturated carbocycles. The van der Waals surface area contributed by atoms with Crippen molar-refractivity contribution in [2.45, 2.75) is 13.1 Å². The fraction of sp³-hybridized carbons (Fsp3) is 0.250. The van der Waals surface area contributed by atoms with Crippen molar-refractivity contribution in [2.24, 2.45) is 0 Å². The van der Waals surface area contributed by atoms with E-state index in [1.54, 1.807) is 0 Å². The zero-order valence-corrected chi connectivity index (χ0v) is 6.74. The van der Waals surface area contributed by atoms with Crippen molar-refractivity contribution < 1.29 is 17.6 Å². The van der Waals surface area contributed by atoms with Gasteiger partial charge in [0, 0.05) is 0 Å². The molecular weight excluding hydrogens is 186 g/mol. The molecule has 1 aromatic carbocycles. The molecule has 0 aromatic heterocycles. The molecule has 0 aliphatic heterocycles. The minimum atomic E-state index is -4.60. The molecule has 0 aliphatic carbocycles. The third-order valence-electron chi connectivity index (χ3n) is 1.68. The zero-order chi connectivity index (χ0) is 10.2. The number of hydrogen-bond acceptors (Lipinski definition) is 1. The van der Waals surface area contributed by atoms with Gasteiger partial charge < -0.3 is 5.73 Å². The van der Waals surface area contributed by atoms with Crippen LogP contribution in [-0.4, -0.2) is 0 Å². The highest BCUT2D eigenvalue weighted by Gasteiger charge is 2.34. The maximum atomic E-state index is 12.9.